The lowest BCUT2D eigenvalue weighted by molar-refractivity contribution is -0.126. The van der Waals surface area contributed by atoms with Gasteiger partial charge in [-0.25, -0.2) is 0 Å². The minimum Gasteiger partial charge on any atom is -0.354 e. The molecule has 0 atom stereocenters. The molecule has 0 radical (unpaired) electrons. The molecular weight excluding hydrogens is 280 g/mol. The van der Waals surface area contributed by atoms with Gasteiger partial charge in [0.1, 0.15) is 6.42 Å². The van der Waals surface area contributed by atoms with Crippen molar-refractivity contribution in [3.8, 4) is 0 Å². The molecule has 0 spiro atoms. The van der Waals surface area contributed by atoms with Gasteiger partial charge in [0.05, 0.1) is 11.2 Å². The first-order valence-electron chi connectivity index (χ1n) is 7.11. The lowest BCUT2D eigenvalue weighted by atomic mass is 10.2. The predicted molar refractivity (Wildman–Crippen MR) is 86.6 cm³/mol. The molecule has 0 aliphatic rings. The van der Waals surface area contributed by atoms with Crippen LogP contribution in [0.2, 0.25) is 0 Å². The summed E-state index contributed by atoms with van der Waals surface area (Å²) in [5.74, 6) is -0.631. The molecule has 0 unspecified atom stereocenters. The van der Waals surface area contributed by atoms with E-state index >= 15 is 0 Å². The van der Waals surface area contributed by atoms with Crippen LogP contribution in [0.1, 0.15) is 6.42 Å². The molecule has 6 heteroatoms. The standard InChI is InChI=1S/C16H20N4O2/c1-20(2)10-9-17-14(21)11-15(22)19-13-7-3-5-12-6-4-8-18-16(12)13/h3-8H,9-11H2,1-2H3,(H,17,21)(H,19,22). The molecule has 6 nitrogen and oxygen atoms in total. The number of fused-ring (bicyclic) bond motifs is 1. The first-order valence-corrected chi connectivity index (χ1v) is 7.11. The molecule has 0 fully saturated rings. The van der Waals surface area contributed by atoms with Gasteiger partial charge in [-0.2, -0.15) is 0 Å². The normalized spacial score (nSPS) is 10.7. The number of rotatable bonds is 6. The summed E-state index contributed by atoms with van der Waals surface area (Å²) in [6.07, 6.45) is 1.47. The van der Waals surface area contributed by atoms with E-state index in [1.165, 1.54) is 0 Å². The van der Waals surface area contributed by atoms with Gasteiger partial charge in [-0.3, -0.25) is 14.6 Å². The molecule has 0 bridgehead atoms. The van der Waals surface area contributed by atoms with Crippen LogP contribution in [0.5, 0.6) is 0 Å². The maximum Gasteiger partial charge on any atom is 0.233 e. The Morgan fingerprint density at radius 1 is 1.14 bits per heavy atom. The molecule has 2 N–H and O–H groups in total. The smallest absolute Gasteiger partial charge is 0.233 e. The van der Waals surface area contributed by atoms with Gasteiger partial charge >= 0.3 is 0 Å². The third-order valence-corrected chi connectivity index (χ3v) is 3.11. The van der Waals surface area contributed by atoms with Crippen LogP contribution in [-0.2, 0) is 9.59 Å². The summed E-state index contributed by atoms with van der Waals surface area (Å²) in [5, 5.41) is 6.39. The second kappa shape index (κ2) is 7.51. The molecule has 1 aromatic heterocycles. The molecule has 2 amide bonds. The lowest BCUT2D eigenvalue weighted by Crippen LogP contribution is -2.33. The van der Waals surface area contributed by atoms with Gasteiger partial charge in [0.2, 0.25) is 11.8 Å². The first-order chi connectivity index (χ1) is 10.6. The monoisotopic (exact) mass is 300 g/mol. The average Bonchev–Trinajstić information content (AvgIpc) is 2.47. The molecule has 0 saturated heterocycles. The summed E-state index contributed by atoms with van der Waals surface area (Å²) < 4.78 is 0. The Bertz CT molecular complexity index is 665. The highest BCUT2D eigenvalue weighted by Gasteiger charge is 2.11. The number of carbonyl (C=O) groups excluding carboxylic acids is 2. The van der Waals surface area contributed by atoms with Crippen molar-refractivity contribution in [2.75, 3.05) is 32.5 Å². The average molecular weight is 300 g/mol. The number of benzene rings is 1. The number of amides is 2. The van der Waals surface area contributed by atoms with Crippen molar-refractivity contribution in [2.45, 2.75) is 6.42 Å². The van der Waals surface area contributed by atoms with Crippen LogP contribution in [0.4, 0.5) is 5.69 Å². The van der Waals surface area contributed by atoms with Crippen molar-refractivity contribution in [1.82, 2.24) is 15.2 Å². The maximum atomic E-state index is 12.0. The van der Waals surface area contributed by atoms with E-state index in [9.17, 15) is 9.59 Å². The minimum absolute atomic E-state index is 0.198. The Kier molecular flexibility index (Phi) is 5.43. The van der Waals surface area contributed by atoms with Crippen LogP contribution in [0.15, 0.2) is 36.5 Å². The summed E-state index contributed by atoms with van der Waals surface area (Å²) >= 11 is 0. The van der Waals surface area contributed by atoms with E-state index in [-0.39, 0.29) is 18.2 Å². The number of carbonyl (C=O) groups is 2. The van der Waals surface area contributed by atoms with Gasteiger partial charge in [-0.05, 0) is 26.2 Å². The number of likely N-dealkylation sites (N-methyl/N-ethyl adjacent to an activating group) is 1. The molecular formula is C16H20N4O2. The van der Waals surface area contributed by atoms with Crippen molar-refractivity contribution in [1.29, 1.82) is 0 Å². The fourth-order valence-electron chi connectivity index (χ4n) is 2.03. The first kappa shape index (κ1) is 15.9. The number of hydrogen-bond acceptors (Lipinski definition) is 4. The SMILES string of the molecule is CN(C)CCNC(=O)CC(=O)Nc1cccc2cccnc12. The zero-order valence-electron chi connectivity index (χ0n) is 12.8. The summed E-state index contributed by atoms with van der Waals surface area (Å²) in [7, 11) is 3.85. The molecule has 1 aromatic carbocycles. The number of para-hydroxylation sites is 1. The van der Waals surface area contributed by atoms with Crippen molar-refractivity contribution < 1.29 is 9.59 Å². The molecule has 0 aliphatic carbocycles. The fraction of sp³-hybridized carbons (Fsp3) is 0.312. The largest absolute Gasteiger partial charge is 0.354 e. The Hall–Kier alpha value is -2.47. The summed E-state index contributed by atoms with van der Waals surface area (Å²) in [4.78, 5) is 29.9. The van der Waals surface area contributed by atoms with Crippen molar-refractivity contribution >= 4 is 28.4 Å². The van der Waals surface area contributed by atoms with Gasteiger partial charge in [0.25, 0.3) is 0 Å². The van der Waals surface area contributed by atoms with Gasteiger partial charge in [-0.15, -0.1) is 0 Å². The number of nitrogens with one attached hydrogen (secondary N) is 2. The van der Waals surface area contributed by atoms with Crippen molar-refractivity contribution in [3.63, 3.8) is 0 Å². The second-order valence-electron chi connectivity index (χ2n) is 5.26. The van der Waals surface area contributed by atoms with Crippen molar-refractivity contribution in [2.24, 2.45) is 0 Å². The van der Waals surface area contributed by atoms with E-state index in [1.807, 2.05) is 43.3 Å². The van der Waals surface area contributed by atoms with Crippen LogP contribution < -0.4 is 10.6 Å². The Balaban J connectivity index is 1.92. The van der Waals surface area contributed by atoms with Crippen LogP contribution in [0, 0.1) is 0 Å². The highest BCUT2D eigenvalue weighted by Crippen LogP contribution is 2.20. The second-order valence-corrected chi connectivity index (χ2v) is 5.26. The molecule has 0 aliphatic heterocycles. The molecule has 2 rings (SSSR count). The quantitative estimate of drug-likeness (QED) is 0.787. The third kappa shape index (κ3) is 4.53. The zero-order valence-corrected chi connectivity index (χ0v) is 12.8. The van der Waals surface area contributed by atoms with Gasteiger partial charge in [-0.1, -0.05) is 18.2 Å². The maximum absolute atomic E-state index is 12.0. The molecule has 0 saturated carbocycles. The highest BCUT2D eigenvalue weighted by atomic mass is 16.2. The van der Waals surface area contributed by atoms with E-state index in [4.69, 9.17) is 0 Å². The van der Waals surface area contributed by atoms with E-state index in [0.717, 1.165) is 11.9 Å². The summed E-state index contributed by atoms with van der Waals surface area (Å²) in [6, 6.07) is 9.30. The van der Waals surface area contributed by atoms with E-state index in [2.05, 4.69) is 15.6 Å². The number of pyridine rings is 1. The molecule has 2 aromatic rings. The number of aromatic nitrogens is 1. The number of anilines is 1. The highest BCUT2D eigenvalue weighted by molar-refractivity contribution is 6.06. The van der Waals surface area contributed by atoms with Crippen LogP contribution >= 0.6 is 0 Å². The number of hydrogen-bond donors (Lipinski definition) is 2. The van der Waals surface area contributed by atoms with Crippen LogP contribution in [-0.4, -0.2) is 48.9 Å². The topological polar surface area (TPSA) is 74.3 Å². The van der Waals surface area contributed by atoms with E-state index < -0.39 is 0 Å². The van der Waals surface area contributed by atoms with Gasteiger partial charge in [0.15, 0.2) is 0 Å². The van der Waals surface area contributed by atoms with Crippen LogP contribution in [0.25, 0.3) is 10.9 Å². The molecule has 22 heavy (non-hydrogen) atoms. The number of nitrogens with zero attached hydrogens (tertiary/aromatic N) is 2. The third-order valence-electron chi connectivity index (χ3n) is 3.11. The Morgan fingerprint density at radius 2 is 1.91 bits per heavy atom. The van der Waals surface area contributed by atoms with Crippen molar-refractivity contribution in [3.05, 3.63) is 36.5 Å². The molecule has 116 valence electrons. The Morgan fingerprint density at radius 3 is 2.68 bits per heavy atom. The van der Waals surface area contributed by atoms with Crippen LogP contribution in [0.3, 0.4) is 0 Å². The van der Waals surface area contributed by atoms with Gasteiger partial charge in [0, 0.05) is 24.7 Å². The predicted octanol–water partition coefficient (Wildman–Crippen LogP) is 1.24. The summed E-state index contributed by atoms with van der Waals surface area (Å²) in [6.45, 7) is 1.26. The zero-order chi connectivity index (χ0) is 15.9. The minimum atomic E-state index is -0.347. The van der Waals surface area contributed by atoms with E-state index in [1.54, 1.807) is 12.3 Å². The van der Waals surface area contributed by atoms with Gasteiger partial charge < -0.3 is 15.5 Å². The van der Waals surface area contributed by atoms with E-state index in [0.29, 0.717) is 17.7 Å². The summed E-state index contributed by atoms with van der Waals surface area (Å²) in [5.41, 5.74) is 1.33. The lowest BCUT2D eigenvalue weighted by Gasteiger charge is -2.11. The molecule has 1 heterocycles. The fourth-order valence-corrected chi connectivity index (χ4v) is 2.03. The Labute approximate surface area is 129 Å².